The van der Waals surface area contributed by atoms with Gasteiger partial charge in [-0.05, 0) is 51.5 Å². The number of fused-ring (bicyclic) bond motifs is 1. The lowest BCUT2D eigenvalue weighted by Gasteiger charge is -2.38. The molecule has 0 N–H and O–H groups in total. The Bertz CT molecular complexity index is 573. The fourth-order valence-corrected chi connectivity index (χ4v) is 5.41. The Morgan fingerprint density at radius 3 is 2.20 bits per heavy atom. The number of ether oxygens (including phenoxy) is 1. The first-order valence-electron chi connectivity index (χ1n) is 12.8. The first kappa shape index (κ1) is 25.4. The van der Waals surface area contributed by atoms with Crippen molar-refractivity contribution in [3.05, 3.63) is 11.3 Å². The third-order valence-electron chi connectivity index (χ3n) is 7.34. The Balaban J connectivity index is 1.94. The summed E-state index contributed by atoms with van der Waals surface area (Å²) < 4.78 is 5.86. The van der Waals surface area contributed by atoms with Crippen molar-refractivity contribution in [2.24, 2.45) is 0 Å². The second-order valence-corrected chi connectivity index (χ2v) is 10.2. The van der Waals surface area contributed by atoms with Crippen LogP contribution in [0.5, 0.6) is 0 Å². The van der Waals surface area contributed by atoms with E-state index in [2.05, 4.69) is 27.7 Å². The third-order valence-corrected chi connectivity index (χ3v) is 7.34. The van der Waals surface area contributed by atoms with Crippen LogP contribution in [-0.4, -0.2) is 22.1 Å². The summed E-state index contributed by atoms with van der Waals surface area (Å²) in [5, 5.41) is 14.8. The molecule has 0 spiro atoms. The van der Waals surface area contributed by atoms with Crippen molar-refractivity contribution in [2.45, 2.75) is 148 Å². The van der Waals surface area contributed by atoms with Crippen LogP contribution >= 0.6 is 0 Å². The molecule has 0 aromatic carbocycles. The second-order valence-electron chi connectivity index (χ2n) is 10.2. The van der Waals surface area contributed by atoms with E-state index in [1.807, 2.05) is 0 Å². The monoisotopic (exact) mass is 420 g/mol. The van der Waals surface area contributed by atoms with Crippen LogP contribution in [0.2, 0.25) is 0 Å². The normalized spacial score (nSPS) is 26.8. The van der Waals surface area contributed by atoms with E-state index in [0.717, 1.165) is 62.7 Å². The van der Waals surface area contributed by atoms with Gasteiger partial charge in [0.1, 0.15) is 5.76 Å². The Hall–Kier alpha value is -0.870. The third kappa shape index (κ3) is 6.56. The number of esters is 1. The molecule has 1 fully saturated rings. The van der Waals surface area contributed by atoms with E-state index in [-0.39, 0.29) is 11.5 Å². The summed E-state index contributed by atoms with van der Waals surface area (Å²) in [5.74, 6) is 0.704. The largest absolute Gasteiger partial charge is 0.431 e. The molecule has 0 aromatic heterocycles. The minimum absolute atomic E-state index is 0.111. The molecular formula is C26H46NO3. The minimum Gasteiger partial charge on any atom is -0.431 e. The molecule has 1 aliphatic heterocycles. The molecule has 2 unspecified atom stereocenters. The second kappa shape index (κ2) is 12.2. The van der Waals surface area contributed by atoms with E-state index in [9.17, 15) is 10.0 Å². The SMILES string of the molecule is CCCCCCCCC1(C)CC2=C(OC(=O)CCCCCCC)CCCC2(C)N1[O]. The summed E-state index contributed by atoms with van der Waals surface area (Å²) in [6, 6.07) is 0. The molecule has 1 heterocycles. The first-order chi connectivity index (χ1) is 14.4. The Morgan fingerprint density at radius 1 is 0.933 bits per heavy atom. The van der Waals surface area contributed by atoms with Gasteiger partial charge in [-0.3, -0.25) is 4.79 Å². The van der Waals surface area contributed by atoms with Gasteiger partial charge >= 0.3 is 5.97 Å². The minimum atomic E-state index is -0.494. The Kier molecular flexibility index (Phi) is 10.4. The van der Waals surface area contributed by atoms with Crippen LogP contribution in [0.25, 0.3) is 0 Å². The van der Waals surface area contributed by atoms with E-state index in [1.165, 1.54) is 56.4 Å². The molecule has 4 heteroatoms. The van der Waals surface area contributed by atoms with Gasteiger partial charge in [0.05, 0.1) is 11.1 Å². The Morgan fingerprint density at radius 2 is 1.53 bits per heavy atom. The molecular weight excluding hydrogens is 374 g/mol. The van der Waals surface area contributed by atoms with Crippen molar-refractivity contribution in [2.75, 3.05) is 0 Å². The number of allylic oxidation sites excluding steroid dienone is 1. The highest BCUT2D eigenvalue weighted by molar-refractivity contribution is 5.70. The van der Waals surface area contributed by atoms with Crippen molar-refractivity contribution in [1.29, 1.82) is 0 Å². The number of carbonyl (C=O) groups is 1. The summed E-state index contributed by atoms with van der Waals surface area (Å²) in [6.45, 7) is 8.63. The molecule has 4 nitrogen and oxygen atoms in total. The molecule has 173 valence electrons. The van der Waals surface area contributed by atoms with E-state index in [4.69, 9.17) is 4.74 Å². The van der Waals surface area contributed by atoms with Crippen LogP contribution in [0.3, 0.4) is 0 Å². The van der Waals surface area contributed by atoms with Gasteiger partial charge in [-0.2, -0.15) is 0 Å². The molecule has 1 radical (unpaired) electrons. The van der Waals surface area contributed by atoms with E-state index in [1.54, 1.807) is 0 Å². The van der Waals surface area contributed by atoms with Crippen molar-refractivity contribution in [3.63, 3.8) is 0 Å². The molecule has 1 saturated heterocycles. The number of hydrogen-bond donors (Lipinski definition) is 0. The molecule has 2 atom stereocenters. The van der Waals surface area contributed by atoms with Crippen LogP contribution in [0.1, 0.15) is 137 Å². The highest BCUT2D eigenvalue weighted by atomic mass is 16.5. The lowest BCUT2D eigenvalue weighted by molar-refractivity contribution is -0.253. The highest BCUT2D eigenvalue weighted by Crippen LogP contribution is 2.52. The van der Waals surface area contributed by atoms with Gasteiger partial charge < -0.3 is 4.74 Å². The fraction of sp³-hybridized carbons (Fsp3) is 0.885. The maximum absolute atomic E-state index is 13.4. The average molecular weight is 421 g/mol. The zero-order valence-electron chi connectivity index (χ0n) is 20.2. The van der Waals surface area contributed by atoms with Gasteiger partial charge in [0, 0.05) is 12.8 Å². The number of unbranched alkanes of at least 4 members (excludes halogenated alkanes) is 9. The van der Waals surface area contributed by atoms with E-state index >= 15 is 0 Å². The average Bonchev–Trinajstić information content (AvgIpc) is 2.92. The van der Waals surface area contributed by atoms with Gasteiger partial charge in [-0.25, -0.2) is 0 Å². The lowest BCUT2D eigenvalue weighted by atomic mass is 9.81. The van der Waals surface area contributed by atoms with Crippen molar-refractivity contribution < 1.29 is 14.7 Å². The van der Waals surface area contributed by atoms with Gasteiger partial charge in [0.25, 0.3) is 0 Å². The number of hydrogen-bond acceptors (Lipinski definition) is 3. The van der Waals surface area contributed by atoms with E-state index < -0.39 is 5.54 Å². The molecule has 0 saturated carbocycles. The summed E-state index contributed by atoms with van der Waals surface area (Å²) >= 11 is 0. The number of carbonyl (C=O) groups excluding carboxylic acids is 1. The molecule has 1 aliphatic carbocycles. The molecule has 2 rings (SSSR count). The van der Waals surface area contributed by atoms with Crippen LogP contribution in [-0.2, 0) is 14.7 Å². The molecule has 2 aliphatic rings. The summed E-state index contributed by atoms with van der Waals surface area (Å²) in [5.41, 5.74) is 0.250. The van der Waals surface area contributed by atoms with Crippen LogP contribution in [0.4, 0.5) is 0 Å². The molecule has 0 aromatic rings. The van der Waals surface area contributed by atoms with Gasteiger partial charge in [-0.1, -0.05) is 78.1 Å². The topological polar surface area (TPSA) is 49.4 Å². The number of rotatable bonds is 14. The van der Waals surface area contributed by atoms with E-state index in [0.29, 0.717) is 6.42 Å². The van der Waals surface area contributed by atoms with Gasteiger partial charge in [0.2, 0.25) is 0 Å². The lowest BCUT2D eigenvalue weighted by Crippen LogP contribution is -2.49. The fourth-order valence-electron chi connectivity index (χ4n) is 5.41. The quantitative estimate of drug-likeness (QED) is 0.214. The van der Waals surface area contributed by atoms with Crippen LogP contribution < -0.4 is 0 Å². The summed E-state index contributed by atoms with van der Waals surface area (Å²) in [6.07, 6.45) is 17.9. The smallest absolute Gasteiger partial charge is 0.310 e. The molecule has 0 amide bonds. The van der Waals surface area contributed by atoms with Crippen molar-refractivity contribution >= 4 is 5.97 Å². The molecule has 0 bridgehead atoms. The number of hydroxylamine groups is 2. The maximum atomic E-state index is 13.4. The van der Waals surface area contributed by atoms with Crippen molar-refractivity contribution in [3.8, 4) is 0 Å². The first-order valence-corrected chi connectivity index (χ1v) is 12.8. The van der Waals surface area contributed by atoms with Gasteiger partial charge in [0.15, 0.2) is 0 Å². The predicted octanol–water partition coefficient (Wildman–Crippen LogP) is 7.65. The predicted molar refractivity (Wildman–Crippen MR) is 122 cm³/mol. The standard InChI is InChI=1S/C26H46NO3/c1-5-7-9-11-13-15-19-25(3)21-22-23(17-16-20-26(22,4)27(25)29)30-24(28)18-14-12-10-8-6-2/h5-21H2,1-4H3. The zero-order valence-corrected chi connectivity index (χ0v) is 20.2. The zero-order chi connectivity index (χ0) is 22.0. The Labute approximate surface area is 185 Å². The summed E-state index contributed by atoms with van der Waals surface area (Å²) in [4.78, 5) is 12.4. The van der Waals surface area contributed by atoms with Crippen LogP contribution in [0.15, 0.2) is 11.3 Å². The van der Waals surface area contributed by atoms with Gasteiger partial charge in [-0.15, -0.1) is 10.3 Å². The highest BCUT2D eigenvalue weighted by Gasteiger charge is 2.56. The summed E-state index contributed by atoms with van der Waals surface area (Å²) in [7, 11) is 0. The molecule has 30 heavy (non-hydrogen) atoms. The number of nitrogens with zero attached hydrogens (tertiary/aromatic N) is 1. The maximum Gasteiger partial charge on any atom is 0.310 e. The van der Waals surface area contributed by atoms with Crippen LogP contribution in [0, 0.1) is 0 Å². The van der Waals surface area contributed by atoms with Crippen molar-refractivity contribution in [1.82, 2.24) is 5.06 Å².